The Hall–Kier alpha value is -1.78. The number of hydrogen-bond donors (Lipinski definition) is 1. The highest BCUT2D eigenvalue weighted by Gasteiger charge is 2.16. The molecular formula is C12H19N3O2. The van der Waals surface area contributed by atoms with Gasteiger partial charge in [-0.3, -0.25) is 0 Å². The van der Waals surface area contributed by atoms with Crippen molar-refractivity contribution in [1.29, 1.82) is 0 Å². The predicted octanol–water partition coefficient (Wildman–Crippen LogP) is 1.69. The van der Waals surface area contributed by atoms with Crippen LogP contribution in [0.2, 0.25) is 0 Å². The Labute approximate surface area is 102 Å². The third-order valence-corrected chi connectivity index (χ3v) is 2.53. The number of rotatable bonds is 5. The molecule has 5 heteroatoms. The molecule has 94 valence electrons. The average Bonchev–Trinajstić information content (AvgIpc) is 2.33. The largest absolute Gasteiger partial charge is 0.462 e. The molecule has 0 amide bonds. The lowest BCUT2D eigenvalue weighted by molar-refractivity contribution is 0.0527. The molecule has 5 nitrogen and oxygen atoms in total. The summed E-state index contributed by atoms with van der Waals surface area (Å²) in [6, 6.07) is 1.58. The molecule has 0 aliphatic rings. The van der Waals surface area contributed by atoms with Gasteiger partial charge in [-0.15, -0.1) is 0 Å². The number of carbonyl (C=O) groups is 1. The highest BCUT2D eigenvalue weighted by atomic mass is 16.5. The van der Waals surface area contributed by atoms with E-state index in [1.54, 1.807) is 19.2 Å². The smallest absolute Gasteiger partial charge is 0.340 e. The number of anilines is 2. The maximum absolute atomic E-state index is 11.7. The van der Waals surface area contributed by atoms with Crippen molar-refractivity contribution in [3.63, 3.8) is 0 Å². The molecule has 0 aliphatic carbocycles. The lowest BCUT2D eigenvalue weighted by Crippen LogP contribution is -2.25. The number of nitrogens with two attached hydrogens (primary N) is 1. The molecule has 1 aromatic heterocycles. The minimum atomic E-state index is -0.402. The molecule has 0 spiro atoms. The fourth-order valence-corrected chi connectivity index (χ4v) is 1.62. The van der Waals surface area contributed by atoms with E-state index in [1.165, 1.54) is 0 Å². The Morgan fingerprint density at radius 2 is 2.06 bits per heavy atom. The first-order valence-electron chi connectivity index (χ1n) is 5.82. The van der Waals surface area contributed by atoms with Gasteiger partial charge in [-0.2, -0.15) is 0 Å². The second-order valence-electron chi connectivity index (χ2n) is 3.49. The van der Waals surface area contributed by atoms with Crippen molar-refractivity contribution in [1.82, 2.24) is 4.98 Å². The van der Waals surface area contributed by atoms with Crippen LogP contribution in [0, 0.1) is 0 Å². The minimum absolute atomic E-state index is 0.335. The highest BCUT2D eigenvalue weighted by molar-refractivity contribution is 5.97. The monoisotopic (exact) mass is 237 g/mol. The predicted molar refractivity (Wildman–Crippen MR) is 68.2 cm³/mol. The number of pyridine rings is 1. The Kier molecular flexibility index (Phi) is 4.75. The minimum Gasteiger partial charge on any atom is -0.462 e. The van der Waals surface area contributed by atoms with Crippen LogP contribution in [0.25, 0.3) is 0 Å². The van der Waals surface area contributed by atoms with Crippen molar-refractivity contribution in [3.05, 3.63) is 17.8 Å². The van der Waals surface area contributed by atoms with Crippen molar-refractivity contribution in [2.24, 2.45) is 0 Å². The van der Waals surface area contributed by atoms with E-state index in [0.29, 0.717) is 23.7 Å². The Morgan fingerprint density at radius 1 is 1.41 bits per heavy atom. The van der Waals surface area contributed by atoms with Gasteiger partial charge in [-0.25, -0.2) is 9.78 Å². The normalized spacial score (nSPS) is 10.1. The highest BCUT2D eigenvalue weighted by Crippen LogP contribution is 2.24. The van der Waals surface area contributed by atoms with Crippen LogP contribution < -0.4 is 10.6 Å². The van der Waals surface area contributed by atoms with E-state index in [4.69, 9.17) is 10.5 Å². The van der Waals surface area contributed by atoms with Crippen LogP contribution in [-0.2, 0) is 4.74 Å². The number of hydrogen-bond acceptors (Lipinski definition) is 5. The molecule has 0 aromatic carbocycles. The van der Waals surface area contributed by atoms with E-state index in [0.717, 1.165) is 13.1 Å². The summed E-state index contributed by atoms with van der Waals surface area (Å²) in [5, 5.41) is 0. The van der Waals surface area contributed by atoms with Gasteiger partial charge in [0.25, 0.3) is 0 Å². The first-order chi connectivity index (χ1) is 8.15. The van der Waals surface area contributed by atoms with E-state index in [9.17, 15) is 4.79 Å². The second kappa shape index (κ2) is 6.08. The molecular weight excluding hydrogens is 218 g/mol. The van der Waals surface area contributed by atoms with Crippen LogP contribution in [0.15, 0.2) is 12.3 Å². The molecule has 0 unspecified atom stereocenters. The van der Waals surface area contributed by atoms with Gasteiger partial charge in [0.2, 0.25) is 0 Å². The summed E-state index contributed by atoms with van der Waals surface area (Å²) >= 11 is 0. The molecule has 0 saturated heterocycles. The zero-order valence-corrected chi connectivity index (χ0v) is 10.6. The van der Waals surface area contributed by atoms with E-state index < -0.39 is 5.97 Å². The third-order valence-electron chi connectivity index (χ3n) is 2.53. The number of esters is 1. The van der Waals surface area contributed by atoms with Crippen molar-refractivity contribution in [2.75, 3.05) is 30.3 Å². The van der Waals surface area contributed by atoms with Gasteiger partial charge in [0.1, 0.15) is 0 Å². The zero-order chi connectivity index (χ0) is 12.8. The van der Waals surface area contributed by atoms with Crippen LogP contribution in [0.4, 0.5) is 11.5 Å². The molecule has 0 saturated carbocycles. The number of nitrogens with zero attached hydrogens (tertiary/aromatic N) is 2. The van der Waals surface area contributed by atoms with Crippen molar-refractivity contribution < 1.29 is 9.53 Å². The Bertz CT molecular complexity index is 389. The first-order valence-corrected chi connectivity index (χ1v) is 5.82. The van der Waals surface area contributed by atoms with Crippen LogP contribution in [0.1, 0.15) is 31.1 Å². The van der Waals surface area contributed by atoms with Crippen LogP contribution >= 0.6 is 0 Å². The maximum Gasteiger partial charge on any atom is 0.340 e. The summed E-state index contributed by atoms with van der Waals surface area (Å²) in [6.07, 6.45) is 1.58. The summed E-state index contributed by atoms with van der Waals surface area (Å²) in [5.74, 6) is 0.237. The molecule has 0 bridgehead atoms. The van der Waals surface area contributed by atoms with Gasteiger partial charge in [-0.1, -0.05) is 0 Å². The molecule has 0 atom stereocenters. The summed E-state index contributed by atoms with van der Waals surface area (Å²) in [7, 11) is 0. The van der Waals surface area contributed by atoms with Crippen molar-refractivity contribution in [2.45, 2.75) is 20.8 Å². The van der Waals surface area contributed by atoms with Gasteiger partial charge in [-0.05, 0) is 26.8 Å². The summed E-state index contributed by atoms with van der Waals surface area (Å²) < 4.78 is 4.95. The topological polar surface area (TPSA) is 68.5 Å². The molecule has 17 heavy (non-hydrogen) atoms. The van der Waals surface area contributed by atoms with E-state index >= 15 is 0 Å². The third kappa shape index (κ3) is 2.87. The molecule has 1 aromatic rings. The lowest BCUT2D eigenvalue weighted by atomic mass is 10.2. The van der Waals surface area contributed by atoms with Gasteiger partial charge in [0, 0.05) is 19.3 Å². The number of ether oxygens (including phenoxy) is 1. The van der Waals surface area contributed by atoms with Crippen molar-refractivity contribution in [3.8, 4) is 0 Å². The Morgan fingerprint density at radius 3 is 2.59 bits per heavy atom. The summed E-state index contributed by atoms with van der Waals surface area (Å²) in [5.41, 5.74) is 6.72. The number of aromatic nitrogens is 1. The zero-order valence-electron chi connectivity index (χ0n) is 10.6. The van der Waals surface area contributed by atoms with Gasteiger partial charge in [0.15, 0.2) is 5.82 Å². The molecule has 0 aliphatic heterocycles. The average molecular weight is 237 g/mol. The Balaban J connectivity index is 3.10. The lowest BCUT2D eigenvalue weighted by Gasteiger charge is -2.22. The molecule has 1 heterocycles. The molecule has 1 rings (SSSR count). The van der Waals surface area contributed by atoms with Crippen LogP contribution in [-0.4, -0.2) is 30.6 Å². The van der Waals surface area contributed by atoms with Crippen LogP contribution in [0.5, 0.6) is 0 Å². The fraction of sp³-hybridized carbons (Fsp3) is 0.500. The van der Waals surface area contributed by atoms with Gasteiger partial charge < -0.3 is 15.4 Å². The second-order valence-corrected chi connectivity index (χ2v) is 3.49. The quantitative estimate of drug-likeness (QED) is 0.789. The van der Waals surface area contributed by atoms with Gasteiger partial charge >= 0.3 is 5.97 Å². The molecule has 0 fully saturated rings. The summed E-state index contributed by atoms with van der Waals surface area (Å²) in [4.78, 5) is 17.9. The molecule has 2 N–H and O–H groups in total. The van der Waals surface area contributed by atoms with Gasteiger partial charge in [0.05, 0.1) is 17.9 Å². The van der Waals surface area contributed by atoms with E-state index in [2.05, 4.69) is 4.98 Å². The number of carbonyl (C=O) groups excluding carboxylic acids is 1. The summed E-state index contributed by atoms with van der Waals surface area (Å²) in [6.45, 7) is 7.71. The SMILES string of the molecule is CCOC(=O)c1ccnc(N(CC)CC)c1N. The maximum atomic E-state index is 11.7. The van der Waals surface area contributed by atoms with E-state index in [-0.39, 0.29) is 0 Å². The van der Waals surface area contributed by atoms with Crippen LogP contribution in [0.3, 0.4) is 0 Å². The first kappa shape index (κ1) is 13.3. The molecule has 0 radical (unpaired) electrons. The standard InChI is InChI=1S/C12H19N3O2/c1-4-15(5-2)11-10(13)9(7-8-14-11)12(16)17-6-3/h7-8H,4-6,13H2,1-3H3. The number of nitrogen functional groups attached to an aromatic ring is 1. The van der Waals surface area contributed by atoms with E-state index in [1.807, 2.05) is 18.7 Å². The van der Waals surface area contributed by atoms with Crippen molar-refractivity contribution >= 4 is 17.5 Å². The fourth-order valence-electron chi connectivity index (χ4n) is 1.62.